The van der Waals surface area contributed by atoms with Crippen LogP contribution in [0.3, 0.4) is 0 Å². The maximum atomic E-state index is 11.7. The van der Waals surface area contributed by atoms with Crippen LogP contribution in [0.5, 0.6) is 0 Å². The summed E-state index contributed by atoms with van der Waals surface area (Å²) in [4.78, 5) is 0. The molecule has 0 aromatic carbocycles. The van der Waals surface area contributed by atoms with Crippen LogP contribution in [-0.2, 0) is 14.2 Å². The summed E-state index contributed by atoms with van der Waals surface area (Å²) < 4.78 is 17.7. The van der Waals surface area contributed by atoms with E-state index < -0.39 is 104 Å². The standard InChI is InChI=1S/C24H50N6O11/c25-5-9(33)6-30-11-4-10(26)14(23-16(28)20(37)18(35)12(39-23)7-29-2-1-3-31)19(36)22(11)41-24-21(38)15(27)17(34)13(8-32)40-24/h9-24,29-38H,1-8,25-28H2/t9?,10-,11+,12+,13+,14?,15-,16+,17+,18+,19-,20+,21+,22-,23+,24+/m0/s1. The molecule has 3 rings (SSSR count). The van der Waals surface area contributed by atoms with Gasteiger partial charge in [-0.1, -0.05) is 0 Å². The number of nitrogens with two attached hydrogens (primary N) is 4. The first-order chi connectivity index (χ1) is 19.5. The lowest BCUT2D eigenvalue weighted by molar-refractivity contribution is -0.308. The third kappa shape index (κ3) is 8.08. The molecule has 17 heteroatoms. The highest BCUT2D eigenvalue weighted by Gasteiger charge is 2.55. The Morgan fingerprint density at radius 1 is 0.878 bits per heavy atom. The molecular formula is C24H50N6O11. The number of rotatable bonds is 13. The Kier molecular flexibility index (Phi) is 13.5. The lowest BCUT2D eigenvalue weighted by Gasteiger charge is -2.52. The third-order valence-electron chi connectivity index (χ3n) is 8.34. The largest absolute Gasteiger partial charge is 0.396 e. The Labute approximate surface area is 238 Å². The molecule has 0 radical (unpaired) electrons. The number of ether oxygens (including phenoxy) is 3. The molecule has 0 spiro atoms. The average Bonchev–Trinajstić information content (AvgIpc) is 2.96. The van der Waals surface area contributed by atoms with E-state index in [1.165, 1.54) is 0 Å². The fourth-order valence-corrected chi connectivity index (χ4v) is 5.84. The first-order valence-corrected chi connectivity index (χ1v) is 14.1. The summed E-state index contributed by atoms with van der Waals surface area (Å²) in [7, 11) is 0. The predicted octanol–water partition coefficient (Wildman–Crippen LogP) is -8.09. The molecule has 16 atom stereocenters. The van der Waals surface area contributed by atoms with E-state index in [4.69, 9.17) is 42.3 Å². The number of hydrogen-bond acceptors (Lipinski definition) is 17. The van der Waals surface area contributed by atoms with E-state index in [0.717, 1.165) is 0 Å². The summed E-state index contributed by atoms with van der Waals surface area (Å²) >= 11 is 0. The van der Waals surface area contributed by atoms with Gasteiger partial charge in [0.25, 0.3) is 0 Å². The van der Waals surface area contributed by atoms with Crippen LogP contribution in [0, 0.1) is 5.92 Å². The summed E-state index contributed by atoms with van der Waals surface area (Å²) in [5.74, 6) is -0.928. The minimum atomic E-state index is -1.52. The highest BCUT2D eigenvalue weighted by molar-refractivity contribution is 5.08. The van der Waals surface area contributed by atoms with Crippen LogP contribution in [0.4, 0.5) is 0 Å². The van der Waals surface area contributed by atoms with Crippen molar-refractivity contribution in [1.29, 1.82) is 0 Å². The van der Waals surface area contributed by atoms with Gasteiger partial charge >= 0.3 is 0 Å². The first kappa shape index (κ1) is 34.8. The molecule has 2 unspecified atom stereocenters. The Balaban J connectivity index is 1.85. The zero-order valence-electron chi connectivity index (χ0n) is 23.0. The maximum absolute atomic E-state index is 11.7. The van der Waals surface area contributed by atoms with Gasteiger partial charge in [0.15, 0.2) is 6.29 Å². The van der Waals surface area contributed by atoms with Crippen LogP contribution < -0.4 is 33.6 Å². The Morgan fingerprint density at radius 3 is 2.22 bits per heavy atom. The summed E-state index contributed by atoms with van der Waals surface area (Å²) in [6.07, 6.45) is -13.0. The molecule has 2 saturated heterocycles. The molecule has 242 valence electrons. The minimum Gasteiger partial charge on any atom is -0.396 e. The summed E-state index contributed by atoms with van der Waals surface area (Å²) in [6, 6.07) is -3.81. The molecule has 3 fully saturated rings. The summed E-state index contributed by atoms with van der Waals surface area (Å²) in [6.45, 7) is -0.0633. The van der Waals surface area contributed by atoms with Crippen molar-refractivity contribution in [3.63, 3.8) is 0 Å². The van der Waals surface area contributed by atoms with Gasteiger partial charge in [0.2, 0.25) is 0 Å². The van der Waals surface area contributed by atoms with Gasteiger partial charge in [-0.15, -0.1) is 0 Å². The minimum absolute atomic E-state index is 0.0262. The smallest absolute Gasteiger partial charge is 0.186 e. The van der Waals surface area contributed by atoms with E-state index in [2.05, 4.69) is 10.6 Å². The summed E-state index contributed by atoms with van der Waals surface area (Å²) in [5, 5.41) is 88.7. The maximum Gasteiger partial charge on any atom is 0.186 e. The lowest BCUT2D eigenvalue weighted by atomic mass is 9.71. The monoisotopic (exact) mass is 598 g/mol. The number of hydrogen-bond donors (Lipinski definition) is 14. The molecule has 3 aliphatic rings. The van der Waals surface area contributed by atoms with Crippen LogP contribution in [0.1, 0.15) is 12.8 Å². The van der Waals surface area contributed by atoms with Gasteiger partial charge in [-0.2, -0.15) is 0 Å². The van der Waals surface area contributed by atoms with Gasteiger partial charge in [0.05, 0.1) is 43.1 Å². The second kappa shape index (κ2) is 15.9. The van der Waals surface area contributed by atoms with Crippen molar-refractivity contribution in [2.45, 2.75) is 104 Å². The molecule has 17 nitrogen and oxygen atoms in total. The van der Waals surface area contributed by atoms with Crippen molar-refractivity contribution in [2.24, 2.45) is 28.9 Å². The van der Waals surface area contributed by atoms with E-state index in [1.807, 2.05) is 0 Å². The quantitative estimate of drug-likeness (QED) is 0.0875. The molecule has 0 aromatic rings. The normalized spacial score (nSPS) is 46.4. The first-order valence-electron chi connectivity index (χ1n) is 14.1. The Morgan fingerprint density at radius 2 is 1.59 bits per heavy atom. The van der Waals surface area contributed by atoms with Gasteiger partial charge in [0.1, 0.15) is 36.6 Å². The zero-order valence-corrected chi connectivity index (χ0v) is 23.0. The fraction of sp³-hybridized carbons (Fsp3) is 1.00. The topological polar surface area (TPSA) is 318 Å². The van der Waals surface area contributed by atoms with Gasteiger partial charge in [-0.3, -0.25) is 0 Å². The van der Waals surface area contributed by atoms with E-state index >= 15 is 0 Å². The van der Waals surface area contributed by atoms with Crippen LogP contribution in [0.15, 0.2) is 0 Å². The van der Waals surface area contributed by atoms with Crippen molar-refractivity contribution in [2.75, 3.05) is 39.4 Å². The van der Waals surface area contributed by atoms with E-state index in [1.54, 1.807) is 0 Å². The van der Waals surface area contributed by atoms with Gasteiger partial charge < -0.3 is 88.6 Å². The van der Waals surface area contributed by atoms with Crippen molar-refractivity contribution < 1.29 is 55.1 Å². The lowest BCUT2D eigenvalue weighted by Crippen LogP contribution is -2.72. The van der Waals surface area contributed by atoms with E-state index in [-0.39, 0.29) is 32.7 Å². The van der Waals surface area contributed by atoms with E-state index in [0.29, 0.717) is 13.0 Å². The molecule has 0 amide bonds. The van der Waals surface area contributed by atoms with Gasteiger partial charge in [-0.05, 0) is 19.4 Å². The summed E-state index contributed by atoms with van der Waals surface area (Å²) in [5.41, 5.74) is 24.3. The van der Waals surface area contributed by atoms with Crippen LogP contribution in [0.25, 0.3) is 0 Å². The fourth-order valence-electron chi connectivity index (χ4n) is 5.84. The Hall–Kier alpha value is -0.680. The highest BCUT2D eigenvalue weighted by atomic mass is 16.7. The molecule has 2 aliphatic heterocycles. The van der Waals surface area contributed by atoms with E-state index in [9.17, 15) is 35.7 Å². The Bertz CT molecular complexity index is 778. The molecule has 0 bridgehead atoms. The zero-order chi connectivity index (χ0) is 30.4. The molecule has 1 saturated carbocycles. The number of aliphatic hydroxyl groups is 8. The average molecular weight is 599 g/mol. The number of aliphatic hydroxyl groups excluding tert-OH is 8. The highest BCUT2D eigenvalue weighted by Crippen LogP contribution is 2.36. The van der Waals surface area contributed by atoms with Crippen molar-refractivity contribution in [3.8, 4) is 0 Å². The molecule has 1 aliphatic carbocycles. The third-order valence-corrected chi connectivity index (χ3v) is 8.34. The number of nitrogens with one attached hydrogen (secondary N) is 2. The molecule has 2 heterocycles. The van der Waals surface area contributed by atoms with Crippen LogP contribution >= 0.6 is 0 Å². The van der Waals surface area contributed by atoms with Gasteiger partial charge in [0, 0.05) is 44.2 Å². The molecular weight excluding hydrogens is 548 g/mol. The molecule has 41 heavy (non-hydrogen) atoms. The van der Waals surface area contributed by atoms with Crippen molar-refractivity contribution >= 4 is 0 Å². The second-order valence-electron chi connectivity index (χ2n) is 11.2. The van der Waals surface area contributed by atoms with Crippen molar-refractivity contribution in [1.82, 2.24) is 10.6 Å². The second-order valence-corrected chi connectivity index (χ2v) is 11.2. The molecule has 0 aromatic heterocycles. The predicted molar refractivity (Wildman–Crippen MR) is 143 cm³/mol. The SMILES string of the molecule is NCC(O)CN[C@@H]1C[C@H](N)C([C@H]2O[C@H](CNCCCO)[C@@H](O)[C@H](O)[C@H]2N)[C@H](O)[C@H]1O[C@H]1O[C@H](CO)[C@@H](O)[C@H](N)[C@H]1O. The molecule has 18 N–H and O–H groups in total. The van der Waals surface area contributed by atoms with Gasteiger partial charge in [-0.25, -0.2) is 0 Å². The van der Waals surface area contributed by atoms with Crippen molar-refractivity contribution in [3.05, 3.63) is 0 Å². The van der Waals surface area contributed by atoms with Crippen LogP contribution in [-0.4, -0.2) is 172 Å². The van der Waals surface area contributed by atoms with Crippen LogP contribution in [0.2, 0.25) is 0 Å².